The van der Waals surface area contributed by atoms with E-state index < -0.39 is 15.4 Å². The first-order valence-corrected chi connectivity index (χ1v) is 12.4. The Balaban J connectivity index is 2.21. The lowest BCUT2D eigenvalue weighted by atomic mass is 9.88. The second-order valence-corrected chi connectivity index (χ2v) is 9.93. The summed E-state index contributed by atoms with van der Waals surface area (Å²) < 4.78 is 32.5. The third kappa shape index (κ3) is 4.35. The van der Waals surface area contributed by atoms with Crippen molar-refractivity contribution in [2.24, 2.45) is 4.99 Å². The molecule has 3 rings (SSSR count). The van der Waals surface area contributed by atoms with Crippen LogP contribution < -0.4 is 4.74 Å². The maximum absolute atomic E-state index is 13.5. The monoisotopic (exact) mass is 403 g/mol. The number of rotatable bonds is 7. The Hall–Kier alpha value is -1.62. The van der Waals surface area contributed by atoms with Crippen LogP contribution in [-0.2, 0) is 9.84 Å². The summed E-state index contributed by atoms with van der Waals surface area (Å²) in [6.45, 7) is 6.64. The maximum Gasteiger partial charge on any atom is 0.181 e. The second kappa shape index (κ2) is 8.81. The molecule has 0 saturated carbocycles. The van der Waals surface area contributed by atoms with Crippen LogP contribution in [0.2, 0.25) is 0 Å². The number of fused-ring (bicyclic) bond motifs is 1. The predicted octanol–water partition coefficient (Wildman–Crippen LogP) is 5.50. The zero-order valence-corrected chi connectivity index (χ0v) is 18.3. The van der Waals surface area contributed by atoms with E-state index in [9.17, 15) is 8.42 Å². The van der Waals surface area contributed by atoms with Gasteiger partial charge in [0.05, 0.1) is 28.5 Å². The molecule has 1 atom stereocenters. The molecule has 4 nitrogen and oxygen atoms in total. The molecule has 0 fully saturated rings. The van der Waals surface area contributed by atoms with Gasteiger partial charge in [-0.25, -0.2) is 8.42 Å². The average molecular weight is 404 g/mol. The number of hydrogen-bond donors (Lipinski definition) is 0. The molecule has 0 amide bonds. The molecule has 1 aromatic carbocycles. The van der Waals surface area contributed by atoms with Crippen molar-refractivity contribution in [3.8, 4) is 5.75 Å². The molecule has 1 aromatic rings. The number of allylic oxidation sites excluding steroid dienone is 2. The van der Waals surface area contributed by atoms with Crippen molar-refractivity contribution in [3.63, 3.8) is 0 Å². The number of hydrogen-bond acceptors (Lipinski definition) is 4. The molecule has 1 heterocycles. The van der Waals surface area contributed by atoms with E-state index in [4.69, 9.17) is 9.73 Å². The van der Waals surface area contributed by atoms with Gasteiger partial charge in [-0.2, -0.15) is 0 Å². The molecule has 0 spiro atoms. The second-order valence-electron chi connectivity index (χ2n) is 7.97. The van der Waals surface area contributed by atoms with Crippen molar-refractivity contribution in [1.82, 2.24) is 0 Å². The summed E-state index contributed by atoms with van der Waals surface area (Å²) in [6.07, 6.45) is 10.2. The standard InChI is InChI=1S/C23H33NO3S/c1-4-7-15-23(5-2)17-28(25,26)21-16-19(27-6-3)13-14-20(21)22(24-23)18-11-9-8-10-12-18/h11,13-14,16H,4-10,12,15,17H2,1-3H3. The van der Waals surface area contributed by atoms with Crippen LogP contribution in [-0.4, -0.2) is 32.0 Å². The van der Waals surface area contributed by atoms with Crippen molar-refractivity contribution in [2.75, 3.05) is 12.4 Å². The van der Waals surface area contributed by atoms with E-state index in [1.54, 1.807) is 6.07 Å². The molecule has 5 heteroatoms. The van der Waals surface area contributed by atoms with Gasteiger partial charge in [0.15, 0.2) is 9.84 Å². The summed E-state index contributed by atoms with van der Waals surface area (Å²) in [5.74, 6) is 0.690. The van der Waals surface area contributed by atoms with E-state index in [1.807, 2.05) is 19.1 Å². The summed E-state index contributed by atoms with van der Waals surface area (Å²) in [6, 6.07) is 5.48. The minimum absolute atomic E-state index is 0.0792. The third-order valence-electron chi connectivity index (χ3n) is 5.91. The van der Waals surface area contributed by atoms with E-state index in [1.165, 1.54) is 12.0 Å². The molecule has 0 saturated heterocycles. The van der Waals surface area contributed by atoms with E-state index in [2.05, 4.69) is 19.9 Å². The first-order valence-electron chi connectivity index (χ1n) is 10.7. The molecule has 0 aromatic heterocycles. The summed E-state index contributed by atoms with van der Waals surface area (Å²) in [5.41, 5.74) is 2.32. The van der Waals surface area contributed by atoms with Crippen molar-refractivity contribution in [2.45, 2.75) is 82.6 Å². The molecule has 1 aliphatic carbocycles. The van der Waals surface area contributed by atoms with Crippen LogP contribution in [0.5, 0.6) is 5.75 Å². The van der Waals surface area contributed by atoms with Gasteiger partial charge in [-0.1, -0.05) is 32.8 Å². The summed E-state index contributed by atoms with van der Waals surface area (Å²) in [4.78, 5) is 5.61. The lowest BCUT2D eigenvalue weighted by Crippen LogP contribution is -2.34. The lowest BCUT2D eigenvalue weighted by Gasteiger charge is -2.28. The molecular formula is C23H33NO3S. The van der Waals surface area contributed by atoms with Gasteiger partial charge in [0.25, 0.3) is 0 Å². The van der Waals surface area contributed by atoms with Crippen LogP contribution in [0.4, 0.5) is 0 Å². The van der Waals surface area contributed by atoms with Crippen LogP contribution in [0.3, 0.4) is 0 Å². The summed E-state index contributed by atoms with van der Waals surface area (Å²) >= 11 is 0. The molecule has 0 bridgehead atoms. The van der Waals surface area contributed by atoms with Gasteiger partial charge >= 0.3 is 0 Å². The minimum atomic E-state index is -3.46. The molecule has 154 valence electrons. The topological polar surface area (TPSA) is 55.7 Å². The SMILES string of the molecule is CCCCC1(CC)CS(=O)(=O)c2cc(OCC)ccc2C(C2=CCCCC2)=N1. The number of ether oxygens (including phenoxy) is 1. The Morgan fingerprint density at radius 3 is 2.64 bits per heavy atom. The van der Waals surface area contributed by atoms with Crippen LogP contribution >= 0.6 is 0 Å². The van der Waals surface area contributed by atoms with Crippen molar-refractivity contribution >= 4 is 15.5 Å². The molecular weight excluding hydrogens is 370 g/mol. The predicted molar refractivity (Wildman–Crippen MR) is 115 cm³/mol. The van der Waals surface area contributed by atoms with Gasteiger partial charge in [0, 0.05) is 5.56 Å². The maximum atomic E-state index is 13.5. The zero-order chi connectivity index (χ0) is 20.2. The number of aliphatic imine (C=N–C) groups is 1. The van der Waals surface area contributed by atoms with Gasteiger partial charge < -0.3 is 4.74 Å². The highest BCUT2D eigenvalue weighted by atomic mass is 32.2. The van der Waals surface area contributed by atoms with Gasteiger partial charge in [0.1, 0.15) is 5.75 Å². The van der Waals surface area contributed by atoms with Crippen LogP contribution in [0.1, 0.15) is 77.7 Å². The third-order valence-corrected chi connectivity index (χ3v) is 7.84. The summed E-state index contributed by atoms with van der Waals surface area (Å²) in [5, 5.41) is 0. The molecule has 0 N–H and O–H groups in total. The van der Waals surface area contributed by atoms with E-state index in [-0.39, 0.29) is 5.75 Å². The number of sulfone groups is 1. The van der Waals surface area contributed by atoms with Gasteiger partial charge in [-0.05, 0) is 69.2 Å². The fourth-order valence-corrected chi connectivity index (χ4v) is 6.33. The Bertz CT molecular complexity index is 870. The molecule has 1 unspecified atom stereocenters. The van der Waals surface area contributed by atoms with E-state index in [0.29, 0.717) is 17.3 Å². The minimum Gasteiger partial charge on any atom is -0.494 e. The molecule has 2 aliphatic rings. The Kier molecular flexibility index (Phi) is 6.64. The first-order chi connectivity index (χ1) is 13.4. The molecule has 28 heavy (non-hydrogen) atoms. The fourth-order valence-electron chi connectivity index (χ4n) is 4.26. The number of unbranched alkanes of at least 4 members (excludes halogenated alkanes) is 1. The molecule has 1 aliphatic heterocycles. The van der Waals surface area contributed by atoms with Crippen LogP contribution in [0.15, 0.2) is 39.7 Å². The van der Waals surface area contributed by atoms with Crippen LogP contribution in [0, 0.1) is 0 Å². The lowest BCUT2D eigenvalue weighted by molar-refractivity contribution is 0.339. The van der Waals surface area contributed by atoms with Crippen LogP contribution in [0.25, 0.3) is 0 Å². The van der Waals surface area contributed by atoms with Gasteiger partial charge in [0.2, 0.25) is 0 Å². The number of benzene rings is 1. The van der Waals surface area contributed by atoms with Crippen molar-refractivity contribution in [1.29, 1.82) is 0 Å². The smallest absolute Gasteiger partial charge is 0.181 e. The first kappa shape index (κ1) is 21.1. The highest BCUT2D eigenvalue weighted by Crippen LogP contribution is 2.38. The highest BCUT2D eigenvalue weighted by molar-refractivity contribution is 7.91. The highest BCUT2D eigenvalue weighted by Gasteiger charge is 2.39. The van der Waals surface area contributed by atoms with E-state index >= 15 is 0 Å². The quantitative estimate of drug-likeness (QED) is 0.604. The average Bonchev–Trinajstić information content (AvgIpc) is 2.80. The van der Waals surface area contributed by atoms with E-state index in [0.717, 1.165) is 56.2 Å². The number of nitrogens with zero attached hydrogens (tertiary/aromatic N) is 1. The van der Waals surface area contributed by atoms with Crippen molar-refractivity contribution in [3.05, 3.63) is 35.4 Å². The Labute approximate surface area is 170 Å². The largest absolute Gasteiger partial charge is 0.494 e. The zero-order valence-electron chi connectivity index (χ0n) is 17.5. The molecule has 0 radical (unpaired) electrons. The summed E-state index contributed by atoms with van der Waals surface area (Å²) in [7, 11) is -3.46. The van der Waals surface area contributed by atoms with Gasteiger partial charge in [-0.3, -0.25) is 4.99 Å². The Morgan fingerprint density at radius 1 is 1.18 bits per heavy atom. The van der Waals surface area contributed by atoms with Crippen molar-refractivity contribution < 1.29 is 13.2 Å². The van der Waals surface area contributed by atoms with Gasteiger partial charge in [-0.15, -0.1) is 0 Å². The Morgan fingerprint density at radius 2 is 2.00 bits per heavy atom. The fraction of sp³-hybridized carbons (Fsp3) is 0.609. The normalized spacial score (nSPS) is 24.0.